The number of rotatable bonds is 14. The number of allylic oxidation sites excluding steroid dienone is 5. The van der Waals surface area contributed by atoms with Crippen LogP contribution in [-0.4, -0.2) is 49.2 Å². The van der Waals surface area contributed by atoms with Gasteiger partial charge in [-0.3, -0.25) is 9.79 Å². The van der Waals surface area contributed by atoms with Crippen LogP contribution in [0.5, 0.6) is 0 Å². The molecule has 0 aromatic heterocycles. The van der Waals surface area contributed by atoms with Gasteiger partial charge in [0.25, 0.3) is 0 Å². The number of aliphatic hydroxyl groups excluding tert-OH is 1. The first-order chi connectivity index (χ1) is 19.1. The zero-order valence-corrected chi connectivity index (χ0v) is 25.3. The molecule has 2 heterocycles. The monoisotopic (exact) mass is 548 g/mol. The highest BCUT2D eigenvalue weighted by atomic mass is 16.5. The third-order valence-corrected chi connectivity index (χ3v) is 7.36. The summed E-state index contributed by atoms with van der Waals surface area (Å²) in [5, 5.41) is 13.2. The molecule has 1 fully saturated rings. The van der Waals surface area contributed by atoms with E-state index >= 15 is 0 Å². The van der Waals surface area contributed by atoms with Crippen molar-refractivity contribution in [1.82, 2.24) is 5.32 Å². The maximum Gasteiger partial charge on any atom is 0.226 e. The fourth-order valence-corrected chi connectivity index (χ4v) is 4.70. The number of hydrogen-bond acceptors (Lipinski definition) is 5. The van der Waals surface area contributed by atoms with Crippen LogP contribution < -0.4 is 5.32 Å². The molecule has 1 saturated carbocycles. The van der Waals surface area contributed by atoms with Crippen molar-refractivity contribution < 1.29 is 19.4 Å². The Bertz CT molecular complexity index is 1160. The molecule has 0 aromatic rings. The molecule has 0 radical (unpaired) electrons. The van der Waals surface area contributed by atoms with Gasteiger partial charge in [-0.15, -0.1) is 0 Å². The minimum atomic E-state index is -0.403. The van der Waals surface area contributed by atoms with Crippen LogP contribution in [0.2, 0.25) is 0 Å². The summed E-state index contributed by atoms with van der Waals surface area (Å²) in [6, 6.07) is 0. The molecule has 6 nitrogen and oxygen atoms in total. The van der Waals surface area contributed by atoms with E-state index in [1.807, 2.05) is 52.0 Å². The Kier molecular flexibility index (Phi) is 12.0. The summed E-state index contributed by atoms with van der Waals surface area (Å²) in [6.07, 6.45) is 16.7. The minimum absolute atomic E-state index is 0.0565. The summed E-state index contributed by atoms with van der Waals surface area (Å²) in [7, 11) is 0. The van der Waals surface area contributed by atoms with Gasteiger partial charge in [0.2, 0.25) is 5.91 Å². The smallest absolute Gasteiger partial charge is 0.226 e. The lowest BCUT2D eigenvalue weighted by Gasteiger charge is -2.15. The predicted octanol–water partition coefficient (Wildman–Crippen LogP) is 6.68. The van der Waals surface area contributed by atoms with Crippen LogP contribution in [0.4, 0.5) is 0 Å². The van der Waals surface area contributed by atoms with Gasteiger partial charge in [0.1, 0.15) is 11.9 Å². The summed E-state index contributed by atoms with van der Waals surface area (Å²) in [5.41, 5.74) is 6.68. The number of carbonyl (C=O) groups is 1. The Morgan fingerprint density at radius 3 is 2.77 bits per heavy atom. The van der Waals surface area contributed by atoms with E-state index in [1.54, 1.807) is 6.21 Å². The van der Waals surface area contributed by atoms with Crippen LogP contribution in [0.3, 0.4) is 0 Å². The summed E-state index contributed by atoms with van der Waals surface area (Å²) in [6.45, 7) is 17.4. The molecule has 1 aliphatic carbocycles. The highest BCUT2D eigenvalue weighted by Crippen LogP contribution is 2.32. The molecule has 0 bridgehead atoms. The number of carbonyl (C=O) groups excluding carboxylic acids is 1. The molecule has 3 rings (SSSR count). The Labute approximate surface area is 241 Å². The van der Waals surface area contributed by atoms with E-state index in [2.05, 4.69) is 36.8 Å². The molecule has 218 valence electrons. The molecule has 2 N–H and O–H groups in total. The van der Waals surface area contributed by atoms with E-state index in [1.165, 1.54) is 12.8 Å². The Morgan fingerprint density at radius 1 is 1.35 bits per heavy atom. The maximum absolute atomic E-state index is 13.2. The van der Waals surface area contributed by atoms with Crippen molar-refractivity contribution in [2.75, 3.05) is 19.8 Å². The quantitative estimate of drug-likeness (QED) is 0.237. The standard InChI is InChI=1S/C34H48N2O4/c1-8-24(4)33-30(18-27(7)40-33)16-23(3)19-36-34(38)25(5)17-29(12-9-26(6)39-21-28-10-11-28)32-31(20-37)15-22(2)13-14-35-32/h9,12-14,16-17,25-28,37H,4,8,10-11,15,18-21H2,1-3,5-7H3,(H,36,38)/b12-9-,23-16+,29-17+. The molecule has 2 aliphatic heterocycles. The van der Waals surface area contributed by atoms with E-state index in [0.717, 1.165) is 58.6 Å². The van der Waals surface area contributed by atoms with Crippen molar-refractivity contribution in [2.45, 2.75) is 85.9 Å². The third kappa shape index (κ3) is 9.60. The topological polar surface area (TPSA) is 80.2 Å². The van der Waals surface area contributed by atoms with E-state index < -0.39 is 5.92 Å². The third-order valence-electron chi connectivity index (χ3n) is 7.36. The van der Waals surface area contributed by atoms with Crippen molar-refractivity contribution in [3.8, 4) is 0 Å². The van der Waals surface area contributed by atoms with Gasteiger partial charge in [-0.1, -0.05) is 55.9 Å². The van der Waals surface area contributed by atoms with E-state index in [-0.39, 0.29) is 24.7 Å². The van der Waals surface area contributed by atoms with Crippen LogP contribution in [0.25, 0.3) is 0 Å². The molecule has 0 saturated heterocycles. The highest BCUT2D eigenvalue weighted by molar-refractivity contribution is 5.81. The summed E-state index contributed by atoms with van der Waals surface area (Å²) >= 11 is 0. The summed E-state index contributed by atoms with van der Waals surface area (Å²) in [4.78, 5) is 17.8. The lowest BCUT2D eigenvalue weighted by Crippen LogP contribution is -2.29. The molecule has 0 spiro atoms. The van der Waals surface area contributed by atoms with Crippen molar-refractivity contribution in [3.63, 3.8) is 0 Å². The van der Waals surface area contributed by atoms with Crippen molar-refractivity contribution >= 4 is 12.1 Å². The molecule has 3 atom stereocenters. The normalized spacial score (nSPS) is 21.9. The van der Waals surface area contributed by atoms with Crippen LogP contribution in [0.1, 0.15) is 73.6 Å². The van der Waals surface area contributed by atoms with E-state index in [9.17, 15) is 9.90 Å². The SMILES string of the molecule is C=C(CC)C1=C(/C=C(\C)CNC(=O)C(C)/C=C(\C=C/C(C)OCC2CC2)C2=C(CO)CC(C)=CC=N2)CC(C)O1. The Hall–Kier alpha value is -2.96. The molecule has 40 heavy (non-hydrogen) atoms. The molecule has 0 aromatic carbocycles. The minimum Gasteiger partial charge on any atom is -0.490 e. The average Bonchev–Trinajstić information content (AvgIpc) is 3.72. The Balaban J connectivity index is 1.75. The number of aliphatic hydroxyl groups is 1. The summed E-state index contributed by atoms with van der Waals surface area (Å²) in [5.74, 6) is 1.11. The number of hydrogen-bond donors (Lipinski definition) is 2. The van der Waals surface area contributed by atoms with Gasteiger partial charge < -0.3 is 19.9 Å². The number of aliphatic imine (C=N–C) groups is 1. The second kappa shape index (κ2) is 15.2. The second-order valence-electron chi connectivity index (χ2n) is 11.5. The summed E-state index contributed by atoms with van der Waals surface area (Å²) < 4.78 is 12.0. The van der Waals surface area contributed by atoms with Gasteiger partial charge in [0, 0.05) is 19.2 Å². The van der Waals surface area contributed by atoms with Crippen LogP contribution in [-0.2, 0) is 14.3 Å². The largest absolute Gasteiger partial charge is 0.490 e. The van der Waals surface area contributed by atoms with Gasteiger partial charge in [-0.25, -0.2) is 0 Å². The van der Waals surface area contributed by atoms with Gasteiger partial charge in [-0.2, -0.15) is 0 Å². The first kappa shape index (κ1) is 31.6. The first-order valence-electron chi connectivity index (χ1n) is 14.7. The van der Waals surface area contributed by atoms with E-state index in [4.69, 9.17) is 9.47 Å². The fourth-order valence-electron chi connectivity index (χ4n) is 4.70. The predicted molar refractivity (Wildman–Crippen MR) is 164 cm³/mol. The van der Waals surface area contributed by atoms with Gasteiger partial charge >= 0.3 is 0 Å². The lowest BCUT2D eigenvalue weighted by molar-refractivity contribution is -0.123. The van der Waals surface area contributed by atoms with Gasteiger partial charge in [0.15, 0.2) is 0 Å². The Morgan fingerprint density at radius 2 is 2.10 bits per heavy atom. The van der Waals surface area contributed by atoms with Crippen molar-refractivity contribution in [3.05, 3.63) is 81.9 Å². The lowest BCUT2D eigenvalue weighted by atomic mass is 9.97. The zero-order chi connectivity index (χ0) is 29.2. The molecular formula is C34H48N2O4. The van der Waals surface area contributed by atoms with Gasteiger partial charge in [-0.05, 0) is 87.7 Å². The molecular weight excluding hydrogens is 500 g/mol. The van der Waals surface area contributed by atoms with Crippen LogP contribution in [0, 0.1) is 11.8 Å². The molecule has 6 heteroatoms. The molecule has 3 unspecified atom stereocenters. The van der Waals surface area contributed by atoms with E-state index in [0.29, 0.717) is 24.6 Å². The number of nitrogens with one attached hydrogen (secondary N) is 1. The van der Waals surface area contributed by atoms with Crippen molar-refractivity contribution in [1.29, 1.82) is 0 Å². The highest BCUT2D eigenvalue weighted by Gasteiger charge is 2.23. The van der Waals surface area contributed by atoms with Crippen LogP contribution >= 0.6 is 0 Å². The average molecular weight is 549 g/mol. The van der Waals surface area contributed by atoms with Gasteiger partial charge in [0.05, 0.1) is 30.9 Å². The van der Waals surface area contributed by atoms with Crippen molar-refractivity contribution in [2.24, 2.45) is 16.8 Å². The first-order valence-corrected chi connectivity index (χ1v) is 14.7. The molecule has 1 amide bonds. The fraction of sp³-hybridized carbons (Fsp3) is 0.529. The number of ether oxygens (including phenoxy) is 2. The molecule has 3 aliphatic rings. The van der Waals surface area contributed by atoms with Crippen LogP contribution in [0.15, 0.2) is 86.8 Å². The second-order valence-corrected chi connectivity index (χ2v) is 11.5. The number of amides is 1. The maximum atomic E-state index is 13.2. The number of nitrogens with zero attached hydrogens (tertiary/aromatic N) is 1. The zero-order valence-electron chi connectivity index (χ0n) is 25.3.